The summed E-state index contributed by atoms with van der Waals surface area (Å²) in [6.07, 6.45) is 6.08. The molecule has 0 aromatic heterocycles. The van der Waals surface area contributed by atoms with Crippen molar-refractivity contribution in [2.24, 2.45) is 5.92 Å². The van der Waals surface area contributed by atoms with Gasteiger partial charge < -0.3 is 10.6 Å². The van der Waals surface area contributed by atoms with E-state index in [-0.39, 0.29) is 12.5 Å². The zero-order chi connectivity index (χ0) is 17.4. The molecule has 0 atom stereocenters. The van der Waals surface area contributed by atoms with Gasteiger partial charge in [-0.1, -0.05) is 6.92 Å². The predicted octanol–water partition coefficient (Wildman–Crippen LogP) is 1.44. The van der Waals surface area contributed by atoms with Crippen molar-refractivity contribution in [2.45, 2.75) is 69.4 Å². The van der Waals surface area contributed by atoms with Gasteiger partial charge >= 0.3 is 6.03 Å². The third-order valence-electron chi connectivity index (χ3n) is 5.73. The number of nitrogens with one attached hydrogen (secondary N) is 2. The number of urea groups is 1. The van der Waals surface area contributed by atoms with E-state index in [0.717, 1.165) is 30.6 Å². The number of amides is 4. The predicted molar refractivity (Wildman–Crippen MR) is 85.6 cm³/mol. The Kier molecular flexibility index (Phi) is 4.24. The normalized spacial score (nSPS) is 31.8. The topological polar surface area (TPSA) is 102 Å². The van der Waals surface area contributed by atoms with Crippen LogP contribution in [0.4, 0.5) is 4.79 Å². The lowest BCUT2D eigenvalue weighted by Crippen LogP contribution is -2.51. The Morgan fingerprint density at radius 3 is 2.50 bits per heavy atom. The lowest BCUT2D eigenvalue weighted by Gasteiger charge is -2.33. The molecule has 24 heavy (non-hydrogen) atoms. The number of hydrogen-bond donors (Lipinski definition) is 2. The van der Waals surface area contributed by atoms with Crippen LogP contribution < -0.4 is 10.6 Å². The van der Waals surface area contributed by atoms with E-state index >= 15 is 0 Å². The number of imide groups is 1. The van der Waals surface area contributed by atoms with Gasteiger partial charge in [-0.15, -0.1) is 0 Å². The largest absolute Gasteiger partial charge is 0.336 e. The number of carbonyl (C=O) groups is 3. The molecule has 0 bridgehead atoms. The number of nitrogens with zero attached hydrogens (tertiary/aromatic N) is 2. The lowest BCUT2D eigenvalue weighted by atomic mass is 9.77. The SMILES string of the molecule is CC1CCC2(CC1)NC(=O)N(CC(=O)NC1(C#N)CCCC1)C2=O. The first-order valence-corrected chi connectivity index (χ1v) is 8.76. The highest BCUT2D eigenvalue weighted by atomic mass is 16.2. The molecule has 130 valence electrons. The second-order valence-corrected chi connectivity index (χ2v) is 7.54. The summed E-state index contributed by atoms with van der Waals surface area (Å²) in [5.74, 6) is -0.189. The van der Waals surface area contributed by atoms with Crippen LogP contribution in [0.15, 0.2) is 0 Å². The minimum atomic E-state index is -0.839. The molecule has 7 heteroatoms. The van der Waals surface area contributed by atoms with Crippen molar-refractivity contribution in [1.82, 2.24) is 15.5 Å². The average Bonchev–Trinajstić information content (AvgIpc) is 3.10. The molecule has 1 saturated heterocycles. The maximum atomic E-state index is 12.7. The van der Waals surface area contributed by atoms with E-state index in [4.69, 9.17) is 0 Å². The molecular weight excluding hydrogens is 308 g/mol. The van der Waals surface area contributed by atoms with Gasteiger partial charge in [-0.2, -0.15) is 5.26 Å². The Balaban J connectivity index is 1.65. The van der Waals surface area contributed by atoms with Gasteiger partial charge in [0, 0.05) is 0 Å². The molecule has 0 radical (unpaired) electrons. The molecule has 3 aliphatic rings. The Labute approximate surface area is 141 Å². The zero-order valence-corrected chi connectivity index (χ0v) is 14.1. The van der Waals surface area contributed by atoms with Gasteiger partial charge in [0.1, 0.15) is 17.6 Å². The second kappa shape index (κ2) is 6.08. The van der Waals surface area contributed by atoms with Crippen LogP contribution in [0.3, 0.4) is 0 Å². The van der Waals surface area contributed by atoms with Crippen LogP contribution in [0.2, 0.25) is 0 Å². The molecule has 2 aliphatic carbocycles. The van der Waals surface area contributed by atoms with Gasteiger partial charge in [-0.25, -0.2) is 4.79 Å². The fourth-order valence-electron chi connectivity index (χ4n) is 4.11. The van der Waals surface area contributed by atoms with Crippen LogP contribution >= 0.6 is 0 Å². The van der Waals surface area contributed by atoms with E-state index < -0.39 is 23.0 Å². The van der Waals surface area contributed by atoms with Gasteiger partial charge in [-0.05, 0) is 57.3 Å². The molecule has 3 fully saturated rings. The third-order valence-corrected chi connectivity index (χ3v) is 5.73. The summed E-state index contributed by atoms with van der Waals surface area (Å²) in [4.78, 5) is 38.2. The Morgan fingerprint density at radius 1 is 1.29 bits per heavy atom. The van der Waals surface area contributed by atoms with Crippen molar-refractivity contribution < 1.29 is 14.4 Å². The smallest absolute Gasteiger partial charge is 0.325 e. The summed E-state index contributed by atoms with van der Waals surface area (Å²) in [6.45, 7) is 1.83. The monoisotopic (exact) mass is 332 g/mol. The molecule has 7 nitrogen and oxygen atoms in total. The second-order valence-electron chi connectivity index (χ2n) is 7.54. The Bertz CT molecular complexity index is 595. The quantitative estimate of drug-likeness (QED) is 0.763. The van der Waals surface area contributed by atoms with Gasteiger partial charge in [0.2, 0.25) is 5.91 Å². The molecule has 0 unspecified atom stereocenters. The van der Waals surface area contributed by atoms with Crippen LogP contribution in [0, 0.1) is 17.2 Å². The van der Waals surface area contributed by atoms with E-state index in [1.165, 1.54) is 0 Å². The summed E-state index contributed by atoms with van der Waals surface area (Å²) in [7, 11) is 0. The van der Waals surface area contributed by atoms with Crippen LogP contribution in [0.1, 0.15) is 58.3 Å². The van der Waals surface area contributed by atoms with Gasteiger partial charge in [-0.3, -0.25) is 14.5 Å². The molecule has 3 rings (SSSR count). The molecule has 1 aliphatic heterocycles. The molecule has 0 aromatic rings. The summed E-state index contributed by atoms with van der Waals surface area (Å²) < 4.78 is 0. The van der Waals surface area contributed by atoms with Crippen molar-refractivity contribution in [3.05, 3.63) is 0 Å². The van der Waals surface area contributed by atoms with Crippen molar-refractivity contribution in [3.63, 3.8) is 0 Å². The first-order chi connectivity index (χ1) is 11.4. The minimum Gasteiger partial charge on any atom is -0.336 e. The highest BCUT2D eigenvalue weighted by molar-refractivity contribution is 6.09. The van der Waals surface area contributed by atoms with Gasteiger partial charge in [0.05, 0.1) is 6.07 Å². The Morgan fingerprint density at radius 2 is 1.92 bits per heavy atom. The molecule has 2 N–H and O–H groups in total. The van der Waals surface area contributed by atoms with E-state index in [1.54, 1.807) is 0 Å². The van der Waals surface area contributed by atoms with Crippen molar-refractivity contribution in [3.8, 4) is 6.07 Å². The van der Waals surface area contributed by atoms with Crippen molar-refractivity contribution >= 4 is 17.8 Å². The summed E-state index contributed by atoms with van der Waals surface area (Å²) in [5.41, 5.74) is -1.67. The summed E-state index contributed by atoms with van der Waals surface area (Å²) in [5, 5.41) is 14.9. The highest BCUT2D eigenvalue weighted by Crippen LogP contribution is 2.36. The average molecular weight is 332 g/mol. The summed E-state index contributed by atoms with van der Waals surface area (Å²) >= 11 is 0. The lowest BCUT2D eigenvalue weighted by molar-refractivity contribution is -0.136. The fourth-order valence-corrected chi connectivity index (χ4v) is 4.11. The summed E-state index contributed by atoms with van der Waals surface area (Å²) in [6, 6.07) is 1.68. The molecular formula is C17H24N4O3. The van der Waals surface area contributed by atoms with Crippen LogP contribution in [0.5, 0.6) is 0 Å². The zero-order valence-electron chi connectivity index (χ0n) is 14.1. The highest BCUT2D eigenvalue weighted by Gasteiger charge is 2.52. The van der Waals surface area contributed by atoms with Crippen LogP contribution in [0.25, 0.3) is 0 Å². The minimum absolute atomic E-state index is 0.299. The van der Waals surface area contributed by atoms with Crippen LogP contribution in [-0.2, 0) is 9.59 Å². The van der Waals surface area contributed by atoms with Crippen molar-refractivity contribution in [2.75, 3.05) is 6.54 Å². The Hall–Kier alpha value is -2.10. The van der Waals surface area contributed by atoms with E-state index in [9.17, 15) is 19.6 Å². The molecule has 4 amide bonds. The first-order valence-electron chi connectivity index (χ1n) is 8.76. The molecule has 2 saturated carbocycles. The number of hydrogen-bond acceptors (Lipinski definition) is 4. The maximum Gasteiger partial charge on any atom is 0.325 e. The molecule has 1 heterocycles. The van der Waals surface area contributed by atoms with E-state index in [0.29, 0.717) is 31.6 Å². The van der Waals surface area contributed by atoms with Crippen molar-refractivity contribution in [1.29, 1.82) is 5.26 Å². The molecule has 0 aromatic carbocycles. The first kappa shape index (κ1) is 16.7. The van der Waals surface area contributed by atoms with Gasteiger partial charge in [0.15, 0.2) is 0 Å². The standard InChI is InChI=1S/C17H24N4O3/c1-12-4-8-17(9-5-12)14(23)21(15(24)20-17)10-13(22)19-16(11-18)6-2-3-7-16/h12H,2-10H2,1H3,(H,19,22)(H,20,24). The number of carbonyl (C=O) groups excluding carboxylic acids is 3. The third kappa shape index (κ3) is 2.85. The number of nitriles is 1. The maximum absolute atomic E-state index is 12.7. The fraction of sp³-hybridized carbons (Fsp3) is 0.765. The van der Waals surface area contributed by atoms with Crippen LogP contribution in [-0.4, -0.2) is 40.4 Å². The molecule has 1 spiro atoms. The van der Waals surface area contributed by atoms with E-state index in [1.807, 2.05) is 0 Å². The van der Waals surface area contributed by atoms with E-state index in [2.05, 4.69) is 23.6 Å². The number of rotatable bonds is 3. The van der Waals surface area contributed by atoms with Gasteiger partial charge in [0.25, 0.3) is 5.91 Å².